The van der Waals surface area contributed by atoms with E-state index in [1.807, 2.05) is 12.2 Å². The Bertz CT molecular complexity index is 1830. The summed E-state index contributed by atoms with van der Waals surface area (Å²) in [5, 5.41) is 6.63. The van der Waals surface area contributed by atoms with Crippen molar-refractivity contribution in [2.24, 2.45) is 17.8 Å². The van der Waals surface area contributed by atoms with Gasteiger partial charge in [0.1, 0.15) is 16.7 Å². The van der Waals surface area contributed by atoms with Gasteiger partial charge in [-0.15, -0.1) is 11.3 Å². The summed E-state index contributed by atoms with van der Waals surface area (Å²) < 4.78 is 73.9. The average Bonchev–Trinajstić information content (AvgIpc) is 3.93. The number of hydrogen-bond acceptors (Lipinski definition) is 9. The zero-order valence-electron chi connectivity index (χ0n) is 27.4. The van der Waals surface area contributed by atoms with E-state index in [0.717, 1.165) is 18.6 Å². The van der Waals surface area contributed by atoms with Gasteiger partial charge in [-0.2, -0.15) is 13.2 Å². The molecule has 3 fully saturated rings. The van der Waals surface area contributed by atoms with Crippen LogP contribution in [0.5, 0.6) is 0 Å². The Hall–Kier alpha value is -3.99. The largest absolute Gasteiger partial charge is 0.446 e. The summed E-state index contributed by atoms with van der Waals surface area (Å²) >= 11 is 1.19. The van der Waals surface area contributed by atoms with E-state index >= 15 is 0 Å². The third-order valence-corrected chi connectivity index (χ3v) is 12.5. The average molecular weight is 738 g/mol. The van der Waals surface area contributed by atoms with E-state index in [4.69, 9.17) is 4.74 Å². The number of nitrogens with zero attached hydrogens (tertiary/aromatic N) is 2. The van der Waals surface area contributed by atoms with Crippen LogP contribution in [0, 0.1) is 24.7 Å². The van der Waals surface area contributed by atoms with E-state index in [1.54, 1.807) is 19.4 Å². The van der Waals surface area contributed by atoms with Crippen molar-refractivity contribution in [1.82, 2.24) is 19.9 Å². The molecule has 0 bridgehead atoms. The molecular weight excluding hydrogens is 700 g/mol. The van der Waals surface area contributed by atoms with Gasteiger partial charge in [-0.25, -0.2) is 18.2 Å². The second kappa shape index (κ2) is 13.6. The lowest BCUT2D eigenvalue weighted by atomic mass is 9.93. The van der Waals surface area contributed by atoms with Crippen LogP contribution in [0.3, 0.4) is 0 Å². The van der Waals surface area contributed by atoms with E-state index in [9.17, 15) is 40.8 Å². The zero-order valence-corrected chi connectivity index (χ0v) is 29.1. The summed E-state index contributed by atoms with van der Waals surface area (Å²) in [6.07, 6.45) is -0.0509. The lowest BCUT2D eigenvalue weighted by Gasteiger charge is -2.26. The summed E-state index contributed by atoms with van der Waals surface area (Å²) in [5.41, 5.74) is -1.79. The van der Waals surface area contributed by atoms with Crippen LogP contribution in [-0.4, -0.2) is 72.6 Å². The molecule has 12 nitrogen and oxygen atoms in total. The number of nitrogens with one attached hydrogen (secondary N) is 3. The minimum absolute atomic E-state index is 0.0472. The normalized spacial score (nSPS) is 28.1. The fraction of sp³-hybridized carbons (Fsp3) is 0.545. The van der Waals surface area contributed by atoms with Crippen LogP contribution in [0.15, 0.2) is 35.7 Å². The van der Waals surface area contributed by atoms with Crippen molar-refractivity contribution in [3.8, 4) is 10.6 Å². The number of hydrogen-bond donors (Lipinski definition) is 3. The van der Waals surface area contributed by atoms with Crippen LogP contribution in [0.1, 0.15) is 62.6 Å². The smallest absolute Gasteiger partial charge is 0.416 e. The molecule has 17 heteroatoms. The number of fused-ring (bicyclic) bond motifs is 2. The van der Waals surface area contributed by atoms with Gasteiger partial charge in [0.05, 0.1) is 28.3 Å². The van der Waals surface area contributed by atoms with E-state index in [2.05, 4.69) is 20.3 Å². The molecule has 2 aromatic rings. The minimum Gasteiger partial charge on any atom is -0.446 e. The van der Waals surface area contributed by atoms with E-state index in [-0.39, 0.29) is 36.4 Å². The highest BCUT2D eigenvalue weighted by Crippen LogP contribution is 2.47. The summed E-state index contributed by atoms with van der Waals surface area (Å²) in [7, 11) is -2.29. The third-order valence-electron chi connectivity index (χ3n) is 9.70. The first-order valence-electron chi connectivity index (χ1n) is 16.5. The molecular formula is C33H38F3N5O7S2. The number of carbonyl (C=O) groups is 4. The molecule has 5 atom stereocenters. The number of halogens is 3. The predicted molar refractivity (Wildman–Crippen MR) is 177 cm³/mol. The van der Waals surface area contributed by atoms with Gasteiger partial charge in [-0.3, -0.25) is 24.4 Å². The van der Waals surface area contributed by atoms with Crippen LogP contribution in [0.2, 0.25) is 0 Å². The number of alkyl halides is 3. The predicted octanol–water partition coefficient (Wildman–Crippen LogP) is 4.76. The van der Waals surface area contributed by atoms with Gasteiger partial charge in [-0.05, 0) is 76.5 Å². The Balaban J connectivity index is 1.22. The molecule has 4 aliphatic rings. The number of sulfonamides is 1. The number of carbonyl (C=O) groups excluding carboxylic acids is 4. The Morgan fingerprint density at radius 1 is 1.14 bits per heavy atom. The molecule has 1 aliphatic heterocycles. The summed E-state index contributed by atoms with van der Waals surface area (Å²) in [4.78, 5) is 60.1. The number of allylic oxidation sites excluding steroid dienone is 1. The monoisotopic (exact) mass is 737 g/mol. The van der Waals surface area contributed by atoms with Crippen molar-refractivity contribution in [1.29, 1.82) is 0 Å². The Morgan fingerprint density at radius 2 is 1.88 bits per heavy atom. The topological polar surface area (TPSA) is 164 Å². The van der Waals surface area contributed by atoms with Crippen LogP contribution in [-0.2, 0) is 35.3 Å². The molecule has 270 valence electrons. The highest BCUT2D eigenvalue weighted by Gasteiger charge is 2.62. The van der Waals surface area contributed by atoms with Gasteiger partial charge in [0, 0.05) is 36.1 Å². The first-order chi connectivity index (χ1) is 23.6. The molecule has 50 heavy (non-hydrogen) atoms. The molecule has 3 N–H and O–H groups in total. The highest BCUT2D eigenvalue weighted by molar-refractivity contribution is 7.91. The van der Waals surface area contributed by atoms with Crippen molar-refractivity contribution in [2.45, 2.75) is 81.4 Å². The van der Waals surface area contributed by atoms with E-state index < -0.39 is 74.3 Å². The van der Waals surface area contributed by atoms with Crippen LogP contribution >= 0.6 is 11.3 Å². The maximum absolute atomic E-state index is 13.9. The van der Waals surface area contributed by atoms with Crippen molar-refractivity contribution >= 4 is 50.9 Å². The van der Waals surface area contributed by atoms with Crippen LogP contribution in [0.4, 0.5) is 23.7 Å². The summed E-state index contributed by atoms with van der Waals surface area (Å²) in [6.45, 7) is 2.15. The fourth-order valence-electron chi connectivity index (χ4n) is 6.67. The first-order valence-corrected chi connectivity index (χ1v) is 18.9. The van der Waals surface area contributed by atoms with E-state index in [0.29, 0.717) is 42.9 Å². The van der Waals surface area contributed by atoms with Crippen LogP contribution < -0.4 is 15.4 Å². The fourth-order valence-corrected chi connectivity index (χ4v) is 8.87. The molecule has 0 unspecified atom stereocenters. The van der Waals surface area contributed by atoms with Gasteiger partial charge in [-0.1, -0.05) is 12.2 Å². The van der Waals surface area contributed by atoms with E-state index in [1.165, 1.54) is 22.3 Å². The van der Waals surface area contributed by atoms with Gasteiger partial charge in [0.2, 0.25) is 21.8 Å². The molecule has 6 rings (SSSR count). The maximum Gasteiger partial charge on any atom is 0.416 e. The maximum atomic E-state index is 13.9. The number of ether oxygens (including phenoxy) is 1. The van der Waals surface area contributed by atoms with Crippen molar-refractivity contribution in [2.75, 3.05) is 18.9 Å². The van der Waals surface area contributed by atoms with Crippen LogP contribution in [0.25, 0.3) is 10.6 Å². The number of amides is 4. The lowest BCUT2D eigenvalue weighted by Crippen LogP contribution is -2.54. The summed E-state index contributed by atoms with van der Waals surface area (Å²) in [5.74, 6) is -4.28. The number of thiazole rings is 1. The van der Waals surface area contributed by atoms with Crippen molar-refractivity contribution in [3.05, 3.63) is 47.0 Å². The lowest BCUT2D eigenvalue weighted by molar-refractivity contribution is -0.140. The Labute approximate surface area is 291 Å². The molecule has 3 aliphatic carbocycles. The number of benzene rings is 1. The minimum atomic E-state index is -4.69. The second-order valence-electron chi connectivity index (χ2n) is 13.5. The third kappa shape index (κ3) is 7.67. The second-order valence-corrected chi connectivity index (χ2v) is 16.3. The number of rotatable bonds is 6. The summed E-state index contributed by atoms with van der Waals surface area (Å²) in [6, 6.07) is 2.90. The standard InChI is InChI=1S/C33H38F3N5O7S2/c1-18-17-49-28(37-18)23-11-8-19(33(34,35)36)13-26(23)38-31(45)48-21-14-24-25(15-21)29(43)41(2)12-6-4-3-5-7-20-16-32(20,39-27(24)42)30(44)40-50(46,47)22-9-10-22/h5,7-8,11,13,17,20-22,24-25H,3-4,6,9-10,12,14-16H2,1-2H3,(H,38,45)(H,39,42)(H,40,44)/b7-5-/t20-,21-,24-,25-,32-/m1/s1. The molecule has 0 saturated heterocycles. The molecule has 0 spiro atoms. The SMILES string of the molecule is Cc1csc(-c2ccc(C(F)(F)F)cc2NC(=O)O[C@@H]2C[C@H]3C(=O)N[C@]4(C(=O)NS(=O)(=O)C5CC5)C[C@H]4/C=C\CCCCN(C)C(=O)[C@@H]3C2)n1. The molecule has 2 heterocycles. The zero-order chi connectivity index (χ0) is 36.0. The number of aromatic nitrogens is 1. The van der Waals surface area contributed by atoms with Gasteiger partial charge in [0.15, 0.2) is 0 Å². The first kappa shape index (κ1) is 35.8. The highest BCUT2D eigenvalue weighted by atomic mass is 32.2. The van der Waals surface area contributed by atoms with Crippen molar-refractivity contribution < 1.29 is 45.5 Å². The Morgan fingerprint density at radius 3 is 2.56 bits per heavy atom. The molecule has 1 aromatic heterocycles. The molecule has 4 amide bonds. The molecule has 1 aromatic carbocycles. The van der Waals surface area contributed by atoms with Gasteiger partial charge >= 0.3 is 12.3 Å². The number of aryl methyl sites for hydroxylation is 1. The van der Waals surface area contributed by atoms with Gasteiger partial charge in [0.25, 0.3) is 5.91 Å². The van der Waals surface area contributed by atoms with Gasteiger partial charge < -0.3 is 15.0 Å². The Kier molecular flexibility index (Phi) is 9.76. The molecule has 3 saturated carbocycles. The van der Waals surface area contributed by atoms with Crippen molar-refractivity contribution in [3.63, 3.8) is 0 Å². The number of anilines is 1. The molecule has 0 radical (unpaired) electrons. The quantitative estimate of drug-likeness (QED) is 0.358.